The number of benzene rings is 2. The molecule has 3 aromatic rings. The van der Waals surface area contributed by atoms with E-state index < -0.39 is 11.0 Å². The molecule has 0 saturated heterocycles. The molecule has 3 rings (SSSR count). The van der Waals surface area contributed by atoms with E-state index in [0.29, 0.717) is 11.3 Å². The van der Waals surface area contributed by atoms with E-state index in [-0.39, 0.29) is 16.3 Å². The fourth-order valence-corrected chi connectivity index (χ4v) is 2.73. The van der Waals surface area contributed by atoms with Gasteiger partial charge in [0.25, 0.3) is 5.69 Å². The largest absolute Gasteiger partial charge is 0.384 e. The summed E-state index contributed by atoms with van der Waals surface area (Å²) in [6, 6.07) is 16.7. The molecule has 1 atom stereocenters. The molecule has 0 aliphatic carbocycles. The zero-order chi connectivity index (χ0) is 17.1. The van der Waals surface area contributed by atoms with Gasteiger partial charge < -0.3 is 5.11 Å². The van der Waals surface area contributed by atoms with E-state index in [1.807, 2.05) is 24.3 Å². The van der Waals surface area contributed by atoms with E-state index in [0.717, 1.165) is 5.56 Å². The average molecular weight is 341 g/mol. The number of halogens is 1. The number of nitro groups is 1. The maximum atomic E-state index is 11.0. The van der Waals surface area contributed by atoms with Crippen molar-refractivity contribution in [3.05, 3.63) is 93.1 Å². The maximum absolute atomic E-state index is 11.0. The summed E-state index contributed by atoms with van der Waals surface area (Å²) < 4.78 is 0. The maximum Gasteiger partial charge on any atom is 0.269 e. The molecule has 120 valence electrons. The molecule has 0 aliphatic rings. The molecule has 1 N–H and O–H groups in total. The number of nitro benzene ring substituents is 1. The van der Waals surface area contributed by atoms with Crippen LogP contribution in [-0.2, 0) is 0 Å². The number of aliphatic hydroxyl groups is 1. The van der Waals surface area contributed by atoms with Crippen LogP contribution in [0.2, 0.25) is 5.02 Å². The molecule has 2 aromatic carbocycles. The van der Waals surface area contributed by atoms with Crippen LogP contribution in [0.25, 0.3) is 11.3 Å². The van der Waals surface area contributed by atoms with Crippen molar-refractivity contribution < 1.29 is 10.0 Å². The minimum absolute atomic E-state index is 0.122. The molecule has 0 aliphatic heterocycles. The van der Waals surface area contributed by atoms with Crippen LogP contribution < -0.4 is 0 Å². The first-order valence-electron chi connectivity index (χ1n) is 7.20. The fraction of sp³-hybridized carbons (Fsp3) is 0.0556. The summed E-state index contributed by atoms with van der Waals surface area (Å²) >= 11 is 6.15. The van der Waals surface area contributed by atoms with Crippen LogP contribution in [0, 0.1) is 10.1 Å². The Morgan fingerprint density at radius 2 is 1.79 bits per heavy atom. The van der Waals surface area contributed by atoms with Crippen LogP contribution >= 0.6 is 11.6 Å². The van der Waals surface area contributed by atoms with E-state index in [9.17, 15) is 15.2 Å². The predicted molar refractivity (Wildman–Crippen MR) is 91.8 cm³/mol. The first-order valence-corrected chi connectivity index (χ1v) is 7.58. The molecule has 0 saturated carbocycles. The number of non-ortho nitro benzene ring substituents is 1. The van der Waals surface area contributed by atoms with E-state index in [1.165, 1.54) is 18.2 Å². The number of aliphatic hydroxyl groups excluding tert-OH is 1. The second kappa shape index (κ2) is 6.78. The Bertz CT molecular complexity index is 884. The van der Waals surface area contributed by atoms with Crippen molar-refractivity contribution in [1.29, 1.82) is 0 Å². The Balaban J connectivity index is 2.11. The topological polar surface area (TPSA) is 76.3 Å². The minimum Gasteiger partial charge on any atom is -0.384 e. The Morgan fingerprint density at radius 1 is 1.04 bits per heavy atom. The van der Waals surface area contributed by atoms with Gasteiger partial charge in [-0.3, -0.25) is 15.1 Å². The molecule has 0 radical (unpaired) electrons. The van der Waals surface area contributed by atoms with Gasteiger partial charge in [0, 0.05) is 34.5 Å². The summed E-state index contributed by atoms with van der Waals surface area (Å²) in [5, 5.41) is 22.0. The highest BCUT2D eigenvalue weighted by Gasteiger charge is 2.21. The zero-order valence-electron chi connectivity index (χ0n) is 12.5. The fourth-order valence-electron chi connectivity index (χ4n) is 2.51. The number of nitrogens with zero attached hydrogens (tertiary/aromatic N) is 2. The minimum atomic E-state index is -1.10. The van der Waals surface area contributed by atoms with Crippen LogP contribution in [0.4, 0.5) is 5.69 Å². The van der Waals surface area contributed by atoms with Gasteiger partial charge in [-0.15, -0.1) is 0 Å². The van der Waals surface area contributed by atoms with E-state index in [2.05, 4.69) is 4.98 Å². The number of aromatic nitrogens is 1. The molecule has 0 bridgehead atoms. The molecule has 24 heavy (non-hydrogen) atoms. The van der Waals surface area contributed by atoms with Gasteiger partial charge in [-0.2, -0.15) is 0 Å². The third-order valence-electron chi connectivity index (χ3n) is 3.68. The van der Waals surface area contributed by atoms with Crippen molar-refractivity contribution in [3.8, 4) is 11.3 Å². The summed E-state index contributed by atoms with van der Waals surface area (Å²) in [6.07, 6.45) is 0.564. The summed E-state index contributed by atoms with van der Waals surface area (Å²) in [7, 11) is 0. The highest BCUT2D eigenvalue weighted by atomic mass is 35.5. The lowest BCUT2D eigenvalue weighted by Crippen LogP contribution is -2.04. The second-order valence-electron chi connectivity index (χ2n) is 5.17. The normalized spacial score (nSPS) is 11.9. The SMILES string of the molecule is O=[N+]([O-])c1ccc(Cl)c(C(O)c2ccccc2-c2ccccn2)c1. The molecule has 5 nitrogen and oxygen atoms in total. The highest BCUT2D eigenvalue weighted by molar-refractivity contribution is 6.31. The third-order valence-corrected chi connectivity index (χ3v) is 4.03. The van der Waals surface area contributed by atoms with Gasteiger partial charge in [-0.1, -0.05) is 41.9 Å². The summed E-state index contributed by atoms with van der Waals surface area (Å²) in [5.41, 5.74) is 2.19. The molecular weight excluding hydrogens is 328 g/mol. The standard InChI is InChI=1S/C18H13ClN2O3/c19-16-9-8-12(21(23)24)11-15(16)18(22)14-6-2-1-5-13(14)17-7-3-4-10-20-17/h1-11,18,22H. The number of hydrogen-bond donors (Lipinski definition) is 1. The molecule has 1 unspecified atom stereocenters. The van der Waals surface area contributed by atoms with Crippen LogP contribution in [0.15, 0.2) is 66.9 Å². The first-order chi connectivity index (χ1) is 11.6. The molecule has 1 heterocycles. The van der Waals surface area contributed by atoms with E-state index in [4.69, 9.17) is 11.6 Å². The first kappa shape index (κ1) is 16.1. The molecule has 1 aromatic heterocycles. The van der Waals surface area contributed by atoms with Gasteiger partial charge in [0.15, 0.2) is 0 Å². The Morgan fingerprint density at radius 3 is 2.50 bits per heavy atom. The van der Waals surface area contributed by atoms with Crippen LogP contribution in [0.1, 0.15) is 17.2 Å². The van der Waals surface area contributed by atoms with Gasteiger partial charge in [0.05, 0.1) is 10.6 Å². The van der Waals surface area contributed by atoms with E-state index in [1.54, 1.807) is 24.4 Å². The molecular formula is C18H13ClN2O3. The van der Waals surface area contributed by atoms with Gasteiger partial charge in [-0.05, 0) is 23.8 Å². The third kappa shape index (κ3) is 3.13. The van der Waals surface area contributed by atoms with Crippen molar-refractivity contribution in [3.63, 3.8) is 0 Å². The Hall–Kier alpha value is -2.76. The van der Waals surface area contributed by atoms with Crippen molar-refractivity contribution in [2.24, 2.45) is 0 Å². The van der Waals surface area contributed by atoms with Gasteiger partial charge in [0.2, 0.25) is 0 Å². The van der Waals surface area contributed by atoms with Gasteiger partial charge >= 0.3 is 0 Å². The van der Waals surface area contributed by atoms with Crippen molar-refractivity contribution in [2.75, 3.05) is 0 Å². The van der Waals surface area contributed by atoms with Gasteiger partial charge in [-0.25, -0.2) is 0 Å². The van der Waals surface area contributed by atoms with Crippen molar-refractivity contribution >= 4 is 17.3 Å². The number of pyridine rings is 1. The lowest BCUT2D eigenvalue weighted by atomic mass is 9.94. The van der Waals surface area contributed by atoms with Crippen molar-refractivity contribution in [2.45, 2.75) is 6.10 Å². The number of rotatable bonds is 4. The lowest BCUT2D eigenvalue weighted by Gasteiger charge is -2.16. The molecule has 6 heteroatoms. The summed E-state index contributed by atoms with van der Waals surface area (Å²) in [5.74, 6) is 0. The molecule has 0 fully saturated rings. The smallest absolute Gasteiger partial charge is 0.269 e. The quantitative estimate of drug-likeness (QED) is 0.564. The Labute approximate surface area is 143 Å². The van der Waals surface area contributed by atoms with Crippen LogP contribution in [0.5, 0.6) is 0 Å². The Kier molecular flexibility index (Phi) is 4.55. The highest BCUT2D eigenvalue weighted by Crippen LogP contribution is 2.35. The molecule has 0 amide bonds. The number of hydrogen-bond acceptors (Lipinski definition) is 4. The van der Waals surface area contributed by atoms with Crippen LogP contribution in [0.3, 0.4) is 0 Å². The van der Waals surface area contributed by atoms with Crippen LogP contribution in [-0.4, -0.2) is 15.0 Å². The van der Waals surface area contributed by atoms with E-state index >= 15 is 0 Å². The summed E-state index contributed by atoms with van der Waals surface area (Å²) in [6.45, 7) is 0. The monoisotopic (exact) mass is 340 g/mol. The predicted octanol–water partition coefficient (Wildman–Crippen LogP) is 4.39. The van der Waals surface area contributed by atoms with Crippen molar-refractivity contribution in [1.82, 2.24) is 4.98 Å². The summed E-state index contributed by atoms with van der Waals surface area (Å²) in [4.78, 5) is 14.8. The zero-order valence-corrected chi connectivity index (χ0v) is 13.2. The second-order valence-corrected chi connectivity index (χ2v) is 5.57. The molecule has 0 spiro atoms. The average Bonchev–Trinajstić information content (AvgIpc) is 2.62. The van der Waals surface area contributed by atoms with Gasteiger partial charge in [0.1, 0.15) is 6.10 Å². The lowest BCUT2D eigenvalue weighted by molar-refractivity contribution is -0.385.